The first-order chi connectivity index (χ1) is 9.72. The Balaban J connectivity index is 2.24. The molecule has 0 saturated heterocycles. The molecule has 0 radical (unpaired) electrons. The van der Waals surface area contributed by atoms with Crippen LogP contribution in [0, 0.1) is 0 Å². The highest BCUT2D eigenvalue weighted by atomic mass is 16.5. The van der Waals surface area contributed by atoms with Crippen molar-refractivity contribution in [2.24, 2.45) is 0 Å². The molecule has 0 aliphatic rings. The maximum atomic E-state index is 11.9. The summed E-state index contributed by atoms with van der Waals surface area (Å²) in [6.45, 7) is 4.01. The Bertz CT molecular complexity index is 563. The van der Waals surface area contributed by atoms with E-state index in [2.05, 4.69) is 0 Å². The van der Waals surface area contributed by atoms with Crippen LogP contribution in [0.1, 0.15) is 25.3 Å². The summed E-state index contributed by atoms with van der Waals surface area (Å²) < 4.78 is 10.9. The third-order valence-corrected chi connectivity index (χ3v) is 3.00. The molecule has 3 nitrogen and oxygen atoms in total. The van der Waals surface area contributed by atoms with Gasteiger partial charge in [0.2, 0.25) is 0 Å². The molecule has 0 aliphatic carbocycles. The average molecular weight is 270 g/mol. The van der Waals surface area contributed by atoms with Crippen LogP contribution in [-0.2, 0) is 9.53 Å². The summed E-state index contributed by atoms with van der Waals surface area (Å²) in [5, 5.41) is 0. The molecular weight excluding hydrogens is 252 g/mol. The number of ether oxygens (including phenoxy) is 2. The monoisotopic (exact) mass is 270 g/mol. The SMILES string of the molecule is CCOC(=O)C(C)c1ccccc1Oc1ccccc1. The minimum Gasteiger partial charge on any atom is -0.466 e. The highest BCUT2D eigenvalue weighted by Gasteiger charge is 2.20. The summed E-state index contributed by atoms with van der Waals surface area (Å²) in [7, 11) is 0. The van der Waals surface area contributed by atoms with Crippen molar-refractivity contribution >= 4 is 5.97 Å². The van der Waals surface area contributed by atoms with Gasteiger partial charge < -0.3 is 9.47 Å². The van der Waals surface area contributed by atoms with Gasteiger partial charge in [-0.15, -0.1) is 0 Å². The Hall–Kier alpha value is -2.29. The molecule has 0 aromatic heterocycles. The molecule has 0 amide bonds. The van der Waals surface area contributed by atoms with Crippen LogP contribution < -0.4 is 4.74 Å². The first-order valence-corrected chi connectivity index (χ1v) is 6.71. The average Bonchev–Trinajstić information content (AvgIpc) is 2.48. The fraction of sp³-hybridized carbons (Fsp3) is 0.235. The Morgan fingerprint density at radius 2 is 1.70 bits per heavy atom. The van der Waals surface area contributed by atoms with Crippen molar-refractivity contribution in [2.75, 3.05) is 6.61 Å². The van der Waals surface area contributed by atoms with E-state index in [0.717, 1.165) is 11.3 Å². The third-order valence-electron chi connectivity index (χ3n) is 3.00. The number of carbonyl (C=O) groups is 1. The normalized spacial score (nSPS) is 11.7. The van der Waals surface area contributed by atoms with E-state index in [1.165, 1.54) is 0 Å². The van der Waals surface area contributed by atoms with Crippen molar-refractivity contribution < 1.29 is 14.3 Å². The van der Waals surface area contributed by atoms with Gasteiger partial charge in [-0.2, -0.15) is 0 Å². The van der Waals surface area contributed by atoms with E-state index >= 15 is 0 Å². The molecule has 0 aliphatic heterocycles. The van der Waals surface area contributed by atoms with E-state index in [1.807, 2.05) is 61.5 Å². The molecule has 1 atom stereocenters. The second kappa shape index (κ2) is 6.75. The van der Waals surface area contributed by atoms with Crippen molar-refractivity contribution in [1.82, 2.24) is 0 Å². The van der Waals surface area contributed by atoms with E-state index in [0.29, 0.717) is 12.4 Å². The van der Waals surface area contributed by atoms with Crippen LogP contribution in [0.5, 0.6) is 11.5 Å². The molecule has 2 aromatic carbocycles. The van der Waals surface area contributed by atoms with Crippen molar-refractivity contribution in [1.29, 1.82) is 0 Å². The van der Waals surface area contributed by atoms with Crippen molar-refractivity contribution in [2.45, 2.75) is 19.8 Å². The van der Waals surface area contributed by atoms with Crippen LogP contribution >= 0.6 is 0 Å². The second-order valence-corrected chi connectivity index (χ2v) is 4.43. The summed E-state index contributed by atoms with van der Waals surface area (Å²) in [5.41, 5.74) is 0.829. The molecule has 0 saturated carbocycles. The van der Waals surface area contributed by atoms with E-state index in [-0.39, 0.29) is 11.9 Å². The van der Waals surface area contributed by atoms with Gasteiger partial charge in [0, 0.05) is 5.56 Å². The highest BCUT2D eigenvalue weighted by molar-refractivity contribution is 5.78. The van der Waals surface area contributed by atoms with Gasteiger partial charge in [-0.1, -0.05) is 36.4 Å². The van der Waals surface area contributed by atoms with Crippen LogP contribution in [-0.4, -0.2) is 12.6 Å². The third kappa shape index (κ3) is 3.38. The van der Waals surface area contributed by atoms with Crippen LogP contribution in [0.25, 0.3) is 0 Å². The zero-order valence-corrected chi connectivity index (χ0v) is 11.7. The number of benzene rings is 2. The molecule has 1 unspecified atom stereocenters. The van der Waals surface area contributed by atoms with E-state index in [1.54, 1.807) is 6.92 Å². The van der Waals surface area contributed by atoms with Gasteiger partial charge in [0.1, 0.15) is 11.5 Å². The van der Waals surface area contributed by atoms with Gasteiger partial charge in [0.15, 0.2) is 0 Å². The van der Waals surface area contributed by atoms with Crippen LogP contribution in [0.3, 0.4) is 0 Å². The topological polar surface area (TPSA) is 35.5 Å². The number of rotatable bonds is 5. The molecular formula is C17H18O3. The largest absolute Gasteiger partial charge is 0.466 e. The van der Waals surface area contributed by atoms with Gasteiger partial charge in [-0.3, -0.25) is 4.79 Å². The van der Waals surface area contributed by atoms with Gasteiger partial charge >= 0.3 is 5.97 Å². The highest BCUT2D eigenvalue weighted by Crippen LogP contribution is 2.31. The summed E-state index contributed by atoms with van der Waals surface area (Å²) in [6.07, 6.45) is 0. The molecule has 0 N–H and O–H groups in total. The Morgan fingerprint density at radius 3 is 2.40 bits per heavy atom. The maximum Gasteiger partial charge on any atom is 0.313 e. The molecule has 0 fully saturated rings. The smallest absolute Gasteiger partial charge is 0.313 e. The lowest BCUT2D eigenvalue weighted by Crippen LogP contribution is -2.13. The Labute approximate surface area is 119 Å². The number of hydrogen-bond donors (Lipinski definition) is 0. The van der Waals surface area contributed by atoms with Gasteiger partial charge in [0.25, 0.3) is 0 Å². The van der Waals surface area contributed by atoms with Crippen molar-refractivity contribution in [3.05, 3.63) is 60.2 Å². The molecule has 0 spiro atoms. The zero-order valence-electron chi connectivity index (χ0n) is 11.7. The van der Waals surface area contributed by atoms with Gasteiger partial charge in [-0.05, 0) is 32.0 Å². The summed E-state index contributed by atoms with van der Waals surface area (Å²) in [5.74, 6) is 0.835. The number of esters is 1. The van der Waals surface area contributed by atoms with E-state index in [4.69, 9.17) is 9.47 Å². The quantitative estimate of drug-likeness (QED) is 0.766. The minimum absolute atomic E-state index is 0.239. The molecule has 2 aromatic rings. The standard InChI is InChI=1S/C17H18O3/c1-3-19-17(18)13(2)15-11-7-8-12-16(15)20-14-9-5-4-6-10-14/h4-13H,3H2,1-2H3. The fourth-order valence-corrected chi connectivity index (χ4v) is 1.94. The summed E-state index contributed by atoms with van der Waals surface area (Å²) >= 11 is 0. The van der Waals surface area contributed by atoms with E-state index in [9.17, 15) is 4.79 Å². The number of para-hydroxylation sites is 2. The molecule has 2 rings (SSSR count). The van der Waals surface area contributed by atoms with E-state index < -0.39 is 0 Å². The Kier molecular flexibility index (Phi) is 4.77. The zero-order chi connectivity index (χ0) is 14.4. The maximum absolute atomic E-state index is 11.9. The van der Waals surface area contributed by atoms with Crippen LogP contribution in [0.2, 0.25) is 0 Å². The lowest BCUT2D eigenvalue weighted by molar-refractivity contribution is -0.144. The lowest BCUT2D eigenvalue weighted by Gasteiger charge is -2.15. The number of carbonyl (C=O) groups excluding carboxylic acids is 1. The predicted molar refractivity (Wildman–Crippen MR) is 78.0 cm³/mol. The lowest BCUT2D eigenvalue weighted by atomic mass is 10.0. The first kappa shape index (κ1) is 14.1. The summed E-state index contributed by atoms with van der Waals surface area (Å²) in [6, 6.07) is 17.0. The van der Waals surface area contributed by atoms with Gasteiger partial charge in [-0.25, -0.2) is 0 Å². The second-order valence-electron chi connectivity index (χ2n) is 4.43. The molecule has 0 heterocycles. The van der Waals surface area contributed by atoms with Crippen LogP contribution in [0.4, 0.5) is 0 Å². The number of hydrogen-bond acceptors (Lipinski definition) is 3. The van der Waals surface area contributed by atoms with Crippen LogP contribution in [0.15, 0.2) is 54.6 Å². The molecule has 0 bridgehead atoms. The minimum atomic E-state index is -0.352. The predicted octanol–water partition coefficient (Wildman–Crippen LogP) is 4.15. The first-order valence-electron chi connectivity index (χ1n) is 6.71. The van der Waals surface area contributed by atoms with Crippen molar-refractivity contribution in [3.63, 3.8) is 0 Å². The molecule has 104 valence electrons. The summed E-state index contributed by atoms with van der Waals surface area (Å²) in [4.78, 5) is 11.9. The Morgan fingerprint density at radius 1 is 1.05 bits per heavy atom. The van der Waals surface area contributed by atoms with Gasteiger partial charge in [0.05, 0.1) is 12.5 Å². The fourth-order valence-electron chi connectivity index (χ4n) is 1.94. The van der Waals surface area contributed by atoms with Crippen molar-refractivity contribution in [3.8, 4) is 11.5 Å². The molecule has 20 heavy (non-hydrogen) atoms. The molecule has 3 heteroatoms.